The molecular weight excluding hydrogens is 344 g/mol. The summed E-state index contributed by atoms with van der Waals surface area (Å²) < 4.78 is 7.26. The molecule has 8 heteroatoms. The van der Waals surface area contributed by atoms with E-state index in [0.717, 1.165) is 42.5 Å². The third-order valence-electron chi connectivity index (χ3n) is 5.26. The predicted molar refractivity (Wildman–Crippen MR) is 99.7 cm³/mol. The molecule has 27 heavy (non-hydrogen) atoms. The fourth-order valence-corrected chi connectivity index (χ4v) is 3.86. The number of fused-ring (bicyclic) bond motifs is 2. The molecule has 1 aliphatic heterocycles. The van der Waals surface area contributed by atoms with Gasteiger partial charge in [-0.2, -0.15) is 5.10 Å². The van der Waals surface area contributed by atoms with Crippen molar-refractivity contribution in [2.24, 2.45) is 0 Å². The summed E-state index contributed by atoms with van der Waals surface area (Å²) in [7, 11) is 0. The van der Waals surface area contributed by atoms with E-state index in [-0.39, 0.29) is 17.6 Å². The smallest absolute Gasteiger partial charge is 0.267 e. The fourth-order valence-electron chi connectivity index (χ4n) is 3.86. The highest BCUT2D eigenvalue weighted by Crippen LogP contribution is 2.23. The molecule has 0 saturated carbocycles. The Morgan fingerprint density at radius 2 is 2.00 bits per heavy atom. The molecule has 2 unspecified atom stereocenters. The van der Waals surface area contributed by atoms with Crippen molar-refractivity contribution in [1.29, 1.82) is 0 Å². The molecule has 0 aromatic carbocycles. The van der Waals surface area contributed by atoms with Gasteiger partial charge in [-0.25, -0.2) is 14.6 Å². The third-order valence-corrected chi connectivity index (χ3v) is 5.26. The molecule has 5 rings (SSSR count). The monoisotopic (exact) mass is 364 g/mol. The van der Waals surface area contributed by atoms with E-state index in [2.05, 4.69) is 25.4 Å². The molecule has 8 nitrogen and oxygen atoms in total. The van der Waals surface area contributed by atoms with Gasteiger partial charge in [-0.3, -0.25) is 9.78 Å². The van der Waals surface area contributed by atoms with Gasteiger partial charge in [-0.05, 0) is 43.4 Å². The van der Waals surface area contributed by atoms with Gasteiger partial charge in [-0.1, -0.05) is 0 Å². The van der Waals surface area contributed by atoms with Crippen LogP contribution in [0.15, 0.2) is 35.4 Å². The van der Waals surface area contributed by atoms with Crippen LogP contribution in [0.1, 0.15) is 30.1 Å². The largest absolute Gasteiger partial charge is 0.377 e. The summed E-state index contributed by atoms with van der Waals surface area (Å²) in [6.45, 7) is 0.951. The molecule has 1 fully saturated rings. The number of aryl methyl sites for hydroxylation is 2. The molecular formula is C19H20N6O2. The van der Waals surface area contributed by atoms with Crippen molar-refractivity contribution in [3.63, 3.8) is 0 Å². The van der Waals surface area contributed by atoms with Gasteiger partial charge in [0.2, 0.25) is 0 Å². The number of nitrogens with one attached hydrogen (secondary N) is 1. The zero-order valence-corrected chi connectivity index (χ0v) is 14.8. The van der Waals surface area contributed by atoms with Crippen LogP contribution in [0.5, 0.6) is 0 Å². The summed E-state index contributed by atoms with van der Waals surface area (Å²) in [6.07, 6.45) is 7.41. The van der Waals surface area contributed by atoms with Gasteiger partial charge in [-0.15, -0.1) is 0 Å². The van der Waals surface area contributed by atoms with Crippen molar-refractivity contribution >= 4 is 17.0 Å². The zero-order valence-electron chi connectivity index (χ0n) is 14.8. The molecule has 4 heterocycles. The molecule has 2 atom stereocenters. The maximum Gasteiger partial charge on any atom is 0.267 e. The lowest BCUT2D eigenvalue weighted by Gasteiger charge is -2.23. The third kappa shape index (κ3) is 3.06. The molecule has 3 aromatic rings. The molecule has 0 radical (unpaired) electrons. The summed E-state index contributed by atoms with van der Waals surface area (Å²) in [4.78, 5) is 25.6. The van der Waals surface area contributed by atoms with Crippen LogP contribution in [0, 0.1) is 0 Å². The molecule has 3 aromatic heterocycles. The second kappa shape index (κ2) is 6.70. The van der Waals surface area contributed by atoms with E-state index in [1.165, 1.54) is 0 Å². The Labute approximate surface area is 155 Å². The number of hydrogen-bond donors (Lipinski definition) is 1. The number of pyridine rings is 1. The molecule has 138 valence electrons. The van der Waals surface area contributed by atoms with Gasteiger partial charge >= 0.3 is 0 Å². The highest BCUT2D eigenvalue weighted by Gasteiger charge is 2.32. The number of nitrogens with zero attached hydrogens (tertiary/aromatic N) is 5. The minimum absolute atomic E-state index is 0.0599. The zero-order chi connectivity index (χ0) is 18.2. The highest BCUT2D eigenvalue weighted by molar-refractivity contribution is 5.71. The first-order chi connectivity index (χ1) is 13.3. The van der Waals surface area contributed by atoms with Crippen LogP contribution >= 0.6 is 0 Å². The molecule has 0 amide bonds. The van der Waals surface area contributed by atoms with E-state index >= 15 is 0 Å². The van der Waals surface area contributed by atoms with Crippen LogP contribution in [-0.2, 0) is 17.6 Å². The van der Waals surface area contributed by atoms with Crippen LogP contribution in [0.4, 0.5) is 5.82 Å². The first-order valence-corrected chi connectivity index (χ1v) is 9.31. The number of ether oxygens (including phenoxy) is 1. The van der Waals surface area contributed by atoms with Gasteiger partial charge in [0.05, 0.1) is 24.9 Å². The minimum Gasteiger partial charge on any atom is -0.377 e. The quantitative estimate of drug-likeness (QED) is 0.753. The summed E-state index contributed by atoms with van der Waals surface area (Å²) in [5.41, 5.74) is 3.42. The first-order valence-electron chi connectivity index (χ1n) is 9.31. The second-order valence-electron chi connectivity index (χ2n) is 7.06. The average molecular weight is 364 g/mol. The van der Waals surface area contributed by atoms with E-state index in [0.29, 0.717) is 24.7 Å². The van der Waals surface area contributed by atoms with Crippen molar-refractivity contribution in [2.75, 3.05) is 18.5 Å². The predicted octanol–water partition coefficient (Wildman–Crippen LogP) is 1.51. The van der Waals surface area contributed by atoms with E-state index in [4.69, 9.17) is 4.74 Å². The molecule has 0 bridgehead atoms. The Morgan fingerprint density at radius 3 is 2.96 bits per heavy atom. The summed E-state index contributed by atoms with van der Waals surface area (Å²) >= 11 is 0. The maximum absolute atomic E-state index is 12.6. The Balaban J connectivity index is 1.44. The first kappa shape index (κ1) is 16.3. The molecule has 0 spiro atoms. The van der Waals surface area contributed by atoms with Crippen molar-refractivity contribution in [3.8, 4) is 0 Å². The van der Waals surface area contributed by atoms with Gasteiger partial charge in [0.1, 0.15) is 17.4 Å². The van der Waals surface area contributed by atoms with Gasteiger partial charge < -0.3 is 10.1 Å². The van der Waals surface area contributed by atoms with Crippen LogP contribution in [0.2, 0.25) is 0 Å². The Morgan fingerprint density at radius 1 is 1.11 bits per heavy atom. The summed E-state index contributed by atoms with van der Waals surface area (Å²) in [6, 6.07) is 5.25. The van der Waals surface area contributed by atoms with Crippen molar-refractivity contribution in [1.82, 2.24) is 24.7 Å². The lowest BCUT2D eigenvalue weighted by molar-refractivity contribution is 0.182. The molecule has 1 saturated heterocycles. The number of hydrogen-bond acceptors (Lipinski definition) is 7. The average Bonchev–Trinajstić information content (AvgIpc) is 3.15. The maximum atomic E-state index is 12.6. The standard InChI is InChI=1S/C19H20N6O2/c26-18-9-12-3-1-2-4-13(12)24-25(18)16-11-27-10-15(16)22-17-6-5-14-19(23-17)21-8-7-20-14/h5-9,15-16H,1-4,10-11H2,(H,21,22,23). The van der Waals surface area contributed by atoms with Gasteiger partial charge in [0.25, 0.3) is 5.56 Å². The lowest BCUT2D eigenvalue weighted by atomic mass is 9.97. The highest BCUT2D eigenvalue weighted by atomic mass is 16.5. The Kier molecular flexibility index (Phi) is 4.05. The summed E-state index contributed by atoms with van der Waals surface area (Å²) in [5, 5.41) is 8.06. The molecule has 1 aliphatic carbocycles. The van der Waals surface area contributed by atoms with Gasteiger partial charge in [0, 0.05) is 18.5 Å². The summed E-state index contributed by atoms with van der Waals surface area (Å²) in [5.74, 6) is 0.689. The Bertz CT molecular complexity index is 1050. The van der Waals surface area contributed by atoms with Crippen LogP contribution in [0.3, 0.4) is 0 Å². The van der Waals surface area contributed by atoms with E-state index in [1.54, 1.807) is 23.1 Å². The molecule has 1 N–H and O–H groups in total. The van der Waals surface area contributed by atoms with Gasteiger partial charge in [0.15, 0.2) is 5.65 Å². The van der Waals surface area contributed by atoms with Crippen molar-refractivity contribution in [3.05, 3.63) is 52.2 Å². The van der Waals surface area contributed by atoms with Crippen LogP contribution in [-0.4, -0.2) is 44.0 Å². The van der Waals surface area contributed by atoms with Crippen molar-refractivity contribution in [2.45, 2.75) is 37.8 Å². The molecule has 2 aliphatic rings. The van der Waals surface area contributed by atoms with Crippen LogP contribution in [0.25, 0.3) is 11.2 Å². The van der Waals surface area contributed by atoms with E-state index in [9.17, 15) is 4.79 Å². The van der Waals surface area contributed by atoms with E-state index in [1.807, 2.05) is 12.1 Å². The fraction of sp³-hybridized carbons (Fsp3) is 0.421. The van der Waals surface area contributed by atoms with Crippen molar-refractivity contribution < 1.29 is 4.74 Å². The Hall–Kier alpha value is -2.87. The topological polar surface area (TPSA) is 94.8 Å². The lowest BCUT2D eigenvalue weighted by Crippen LogP contribution is -2.38. The number of rotatable bonds is 3. The van der Waals surface area contributed by atoms with Crippen LogP contribution < -0.4 is 10.9 Å². The normalized spacial score (nSPS) is 21.9. The number of anilines is 1. The van der Waals surface area contributed by atoms with E-state index < -0.39 is 0 Å². The second-order valence-corrected chi connectivity index (χ2v) is 7.06. The SMILES string of the molecule is O=c1cc2c(nn1C1COCC1Nc1ccc3nccnc3n1)CCCC2. The number of aromatic nitrogens is 5. The minimum atomic E-state index is -0.163.